The molecule has 0 spiro atoms. The molecule has 0 aromatic rings. The van der Waals surface area contributed by atoms with Crippen LogP contribution in [0.4, 0.5) is 0 Å². The molecule has 144 valence electrons. The van der Waals surface area contributed by atoms with Gasteiger partial charge in [0.2, 0.25) is 5.91 Å². The first kappa shape index (κ1) is 25.7. The van der Waals surface area contributed by atoms with E-state index in [-0.39, 0.29) is 29.9 Å². The molecule has 24 heavy (non-hydrogen) atoms. The van der Waals surface area contributed by atoms with E-state index >= 15 is 0 Å². The SMILES string of the molecule is CCNC(=O)C(C)(C)CN=C(NCC)NC(C)CCCC(C)C.I. The van der Waals surface area contributed by atoms with E-state index in [1.807, 2.05) is 20.8 Å². The summed E-state index contributed by atoms with van der Waals surface area (Å²) in [7, 11) is 0. The quantitative estimate of drug-likeness (QED) is 0.269. The monoisotopic (exact) mass is 454 g/mol. The summed E-state index contributed by atoms with van der Waals surface area (Å²) >= 11 is 0. The van der Waals surface area contributed by atoms with Crippen LogP contribution in [0.3, 0.4) is 0 Å². The average Bonchev–Trinajstić information content (AvgIpc) is 2.45. The molecular weight excluding hydrogens is 415 g/mol. The van der Waals surface area contributed by atoms with E-state index in [9.17, 15) is 4.79 Å². The average molecular weight is 454 g/mol. The van der Waals surface area contributed by atoms with Gasteiger partial charge in [-0.25, -0.2) is 0 Å². The fourth-order valence-corrected chi connectivity index (χ4v) is 2.21. The number of nitrogens with zero attached hydrogens (tertiary/aromatic N) is 1. The van der Waals surface area contributed by atoms with Gasteiger partial charge in [0.15, 0.2) is 5.96 Å². The number of nitrogens with one attached hydrogen (secondary N) is 3. The molecule has 0 heterocycles. The van der Waals surface area contributed by atoms with Crippen molar-refractivity contribution in [1.82, 2.24) is 16.0 Å². The minimum absolute atomic E-state index is 0. The Balaban J connectivity index is 0. The fourth-order valence-electron chi connectivity index (χ4n) is 2.21. The van der Waals surface area contributed by atoms with Gasteiger partial charge in [0.1, 0.15) is 0 Å². The van der Waals surface area contributed by atoms with Crippen molar-refractivity contribution in [1.29, 1.82) is 0 Å². The van der Waals surface area contributed by atoms with Crippen LogP contribution in [-0.2, 0) is 4.79 Å². The van der Waals surface area contributed by atoms with Gasteiger partial charge in [-0.15, -0.1) is 24.0 Å². The second-order valence-corrected chi connectivity index (χ2v) is 7.31. The lowest BCUT2D eigenvalue weighted by molar-refractivity contribution is -0.128. The predicted octanol–water partition coefficient (Wildman–Crippen LogP) is 3.54. The molecule has 3 N–H and O–H groups in total. The van der Waals surface area contributed by atoms with Crippen molar-refractivity contribution in [2.45, 2.75) is 73.8 Å². The van der Waals surface area contributed by atoms with Crippen molar-refractivity contribution in [3.05, 3.63) is 0 Å². The highest BCUT2D eigenvalue weighted by molar-refractivity contribution is 14.0. The van der Waals surface area contributed by atoms with E-state index < -0.39 is 5.41 Å². The van der Waals surface area contributed by atoms with Gasteiger partial charge in [-0.2, -0.15) is 0 Å². The van der Waals surface area contributed by atoms with Gasteiger partial charge in [-0.1, -0.05) is 26.7 Å². The lowest BCUT2D eigenvalue weighted by atomic mass is 9.92. The summed E-state index contributed by atoms with van der Waals surface area (Å²) in [6.45, 7) is 16.5. The highest BCUT2D eigenvalue weighted by Gasteiger charge is 2.26. The molecule has 1 amide bonds. The number of guanidine groups is 1. The largest absolute Gasteiger partial charge is 0.357 e. The summed E-state index contributed by atoms with van der Waals surface area (Å²) in [5.41, 5.74) is -0.501. The van der Waals surface area contributed by atoms with E-state index in [1.54, 1.807) is 0 Å². The molecular formula is C18H39IN4O. The Hall–Kier alpha value is -0.530. The van der Waals surface area contributed by atoms with Crippen LogP contribution in [0, 0.1) is 11.3 Å². The van der Waals surface area contributed by atoms with Crippen LogP contribution in [0.2, 0.25) is 0 Å². The molecule has 6 heteroatoms. The van der Waals surface area contributed by atoms with Crippen molar-refractivity contribution in [2.24, 2.45) is 16.3 Å². The Morgan fingerprint density at radius 2 is 1.62 bits per heavy atom. The first-order valence-corrected chi connectivity index (χ1v) is 9.06. The maximum Gasteiger partial charge on any atom is 0.227 e. The molecule has 0 saturated carbocycles. The topological polar surface area (TPSA) is 65.5 Å². The smallest absolute Gasteiger partial charge is 0.227 e. The molecule has 0 bridgehead atoms. The zero-order valence-electron chi connectivity index (χ0n) is 16.7. The zero-order valence-corrected chi connectivity index (χ0v) is 19.0. The van der Waals surface area contributed by atoms with Gasteiger partial charge in [-0.3, -0.25) is 9.79 Å². The number of carbonyl (C=O) groups is 1. The summed E-state index contributed by atoms with van der Waals surface area (Å²) in [4.78, 5) is 16.6. The van der Waals surface area contributed by atoms with E-state index in [2.05, 4.69) is 48.6 Å². The first-order valence-electron chi connectivity index (χ1n) is 9.06. The molecule has 1 atom stereocenters. The molecule has 5 nitrogen and oxygen atoms in total. The van der Waals surface area contributed by atoms with E-state index in [4.69, 9.17) is 0 Å². The molecule has 0 fully saturated rings. The third-order valence-electron chi connectivity index (χ3n) is 3.73. The molecule has 1 unspecified atom stereocenters. The maximum absolute atomic E-state index is 12.0. The minimum Gasteiger partial charge on any atom is -0.357 e. The van der Waals surface area contributed by atoms with Gasteiger partial charge in [0.25, 0.3) is 0 Å². The van der Waals surface area contributed by atoms with E-state index in [0.29, 0.717) is 19.1 Å². The molecule has 0 saturated heterocycles. The first-order chi connectivity index (χ1) is 10.7. The fraction of sp³-hybridized carbons (Fsp3) is 0.889. The highest BCUT2D eigenvalue weighted by Crippen LogP contribution is 2.15. The Labute approximate surface area is 166 Å². The Morgan fingerprint density at radius 1 is 1.04 bits per heavy atom. The molecule has 0 aromatic carbocycles. The molecule has 0 rings (SSSR count). The number of hydrogen-bond donors (Lipinski definition) is 3. The Kier molecular flexibility index (Phi) is 14.7. The Bertz CT molecular complexity index is 370. The van der Waals surface area contributed by atoms with Crippen LogP contribution in [0.15, 0.2) is 4.99 Å². The predicted molar refractivity (Wildman–Crippen MR) is 115 cm³/mol. The van der Waals surface area contributed by atoms with Crippen LogP contribution >= 0.6 is 24.0 Å². The Morgan fingerprint density at radius 3 is 2.12 bits per heavy atom. The van der Waals surface area contributed by atoms with Gasteiger partial charge < -0.3 is 16.0 Å². The van der Waals surface area contributed by atoms with Crippen LogP contribution < -0.4 is 16.0 Å². The van der Waals surface area contributed by atoms with Gasteiger partial charge >= 0.3 is 0 Å². The number of halogens is 1. The summed E-state index contributed by atoms with van der Waals surface area (Å²) in [5, 5.41) is 9.58. The van der Waals surface area contributed by atoms with Crippen LogP contribution in [0.25, 0.3) is 0 Å². The highest BCUT2D eigenvalue weighted by atomic mass is 127. The number of aliphatic imine (C=N–C) groups is 1. The third kappa shape index (κ3) is 11.9. The second kappa shape index (κ2) is 13.7. The van der Waals surface area contributed by atoms with Gasteiger partial charge in [0, 0.05) is 19.1 Å². The molecule has 0 aromatic heterocycles. The van der Waals surface area contributed by atoms with Crippen LogP contribution in [0.1, 0.15) is 67.7 Å². The van der Waals surface area contributed by atoms with Crippen LogP contribution in [0.5, 0.6) is 0 Å². The van der Waals surface area contributed by atoms with E-state index in [0.717, 1.165) is 24.8 Å². The number of amides is 1. The van der Waals surface area contributed by atoms with Crippen molar-refractivity contribution in [3.63, 3.8) is 0 Å². The molecule has 0 aliphatic heterocycles. The van der Waals surface area contributed by atoms with Crippen molar-refractivity contribution in [2.75, 3.05) is 19.6 Å². The van der Waals surface area contributed by atoms with Gasteiger partial charge in [-0.05, 0) is 47.0 Å². The molecule has 0 aliphatic carbocycles. The summed E-state index contributed by atoms with van der Waals surface area (Å²) in [5.74, 6) is 1.59. The maximum atomic E-state index is 12.0. The molecule has 0 aliphatic rings. The lowest BCUT2D eigenvalue weighted by Gasteiger charge is -2.23. The minimum atomic E-state index is -0.501. The van der Waals surface area contributed by atoms with Gasteiger partial charge in [0.05, 0.1) is 12.0 Å². The normalized spacial score (nSPS) is 13.2. The summed E-state index contributed by atoms with van der Waals surface area (Å²) in [6, 6.07) is 0.374. The lowest BCUT2D eigenvalue weighted by Crippen LogP contribution is -2.44. The zero-order chi connectivity index (χ0) is 17.9. The number of rotatable bonds is 10. The molecule has 0 radical (unpaired) electrons. The standard InChI is InChI=1S/C18H38N4O.HI/c1-8-19-16(23)18(6,7)13-21-17(20-9-2)22-15(5)12-10-11-14(3)4;/h14-15H,8-13H2,1-7H3,(H,19,23)(H2,20,21,22);1H. The summed E-state index contributed by atoms with van der Waals surface area (Å²) in [6.07, 6.45) is 3.60. The van der Waals surface area contributed by atoms with Crippen molar-refractivity contribution < 1.29 is 4.79 Å². The second-order valence-electron chi connectivity index (χ2n) is 7.31. The van der Waals surface area contributed by atoms with Crippen molar-refractivity contribution in [3.8, 4) is 0 Å². The number of hydrogen-bond acceptors (Lipinski definition) is 2. The van der Waals surface area contributed by atoms with Crippen LogP contribution in [-0.4, -0.2) is 37.5 Å². The van der Waals surface area contributed by atoms with E-state index in [1.165, 1.54) is 12.8 Å². The third-order valence-corrected chi connectivity index (χ3v) is 3.73. The van der Waals surface area contributed by atoms with Crippen molar-refractivity contribution >= 4 is 35.8 Å². The summed E-state index contributed by atoms with van der Waals surface area (Å²) < 4.78 is 0. The number of carbonyl (C=O) groups excluding carboxylic acids is 1.